The fourth-order valence-electron chi connectivity index (χ4n) is 2.25. The van der Waals surface area contributed by atoms with Crippen LogP contribution < -0.4 is 16.6 Å². The predicted octanol–water partition coefficient (Wildman–Crippen LogP) is 2.79. The van der Waals surface area contributed by atoms with E-state index in [0.29, 0.717) is 17.8 Å². The number of carbonyl (C=O) groups is 2. The van der Waals surface area contributed by atoms with E-state index in [2.05, 4.69) is 10.1 Å². The maximum Gasteiger partial charge on any atom is 0.431 e. The molecule has 0 aliphatic heterocycles. The van der Waals surface area contributed by atoms with E-state index in [1.165, 1.54) is 0 Å². The first kappa shape index (κ1) is 23.5. The monoisotopic (exact) mass is 469 g/mol. The Hall–Kier alpha value is -2.80. The summed E-state index contributed by atoms with van der Waals surface area (Å²) in [4.78, 5) is 47.4. The van der Waals surface area contributed by atoms with Crippen LogP contribution in [0, 0.1) is 5.82 Å². The zero-order valence-corrected chi connectivity index (χ0v) is 16.7. The molecular weight excluding hydrogens is 458 g/mol. The summed E-state index contributed by atoms with van der Waals surface area (Å²) in [7, 11) is 1.88. The SMILES string of the molecule is COC(=O)CSC(=O)Nc1cc(-n2c(=O)cc(C(F)(F)F)n(C)c2=O)c(F)cc1Cl. The van der Waals surface area contributed by atoms with Gasteiger partial charge < -0.3 is 10.1 Å². The van der Waals surface area contributed by atoms with Crippen LogP contribution in [-0.2, 0) is 22.8 Å². The number of hydrogen-bond donors (Lipinski definition) is 1. The highest BCUT2D eigenvalue weighted by atomic mass is 35.5. The van der Waals surface area contributed by atoms with Crippen molar-refractivity contribution in [2.24, 2.45) is 7.05 Å². The lowest BCUT2D eigenvalue weighted by Crippen LogP contribution is -2.41. The number of thioether (sulfide) groups is 1. The molecule has 1 aromatic carbocycles. The number of nitrogens with zero attached hydrogens (tertiary/aromatic N) is 2. The highest BCUT2D eigenvalue weighted by Crippen LogP contribution is 2.29. The van der Waals surface area contributed by atoms with Gasteiger partial charge in [-0.05, 0) is 12.1 Å². The number of esters is 1. The Morgan fingerprint density at radius 1 is 1.23 bits per heavy atom. The summed E-state index contributed by atoms with van der Waals surface area (Å²) in [5, 5.41) is 1.11. The number of methoxy groups -OCH3 is 1. The van der Waals surface area contributed by atoms with Gasteiger partial charge in [-0.15, -0.1) is 0 Å². The maximum atomic E-state index is 14.4. The molecule has 0 aliphatic rings. The van der Waals surface area contributed by atoms with Crippen LogP contribution in [-0.4, -0.2) is 33.2 Å². The van der Waals surface area contributed by atoms with Gasteiger partial charge >= 0.3 is 17.8 Å². The molecule has 0 fully saturated rings. The number of alkyl halides is 3. The Balaban J connectivity index is 2.52. The van der Waals surface area contributed by atoms with Gasteiger partial charge in [-0.1, -0.05) is 23.4 Å². The Bertz CT molecular complexity index is 1130. The summed E-state index contributed by atoms with van der Waals surface area (Å²) >= 11 is 6.34. The molecule has 1 amide bonds. The summed E-state index contributed by atoms with van der Waals surface area (Å²) in [6, 6.07) is 1.62. The molecule has 0 unspecified atom stereocenters. The molecule has 0 aliphatic carbocycles. The number of halogens is 5. The first-order valence-electron chi connectivity index (χ1n) is 7.77. The van der Waals surface area contributed by atoms with Gasteiger partial charge in [0.2, 0.25) is 0 Å². The molecule has 162 valence electrons. The molecule has 2 rings (SSSR count). The number of carbonyl (C=O) groups excluding carboxylic acids is 2. The Kier molecular flexibility index (Phi) is 6.98. The van der Waals surface area contributed by atoms with Crippen LogP contribution in [0.2, 0.25) is 5.02 Å². The van der Waals surface area contributed by atoms with Gasteiger partial charge in [0.25, 0.3) is 10.8 Å². The van der Waals surface area contributed by atoms with Gasteiger partial charge in [0.15, 0.2) is 0 Å². The zero-order chi connectivity index (χ0) is 22.8. The number of anilines is 1. The van der Waals surface area contributed by atoms with Crippen molar-refractivity contribution >= 4 is 40.3 Å². The molecule has 30 heavy (non-hydrogen) atoms. The van der Waals surface area contributed by atoms with E-state index in [-0.39, 0.29) is 31.7 Å². The molecule has 1 N–H and O–H groups in total. The molecule has 0 atom stereocenters. The molecular formula is C16H12ClF4N3O5S. The number of aromatic nitrogens is 2. The highest BCUT2D eigenvalue weighted by Gasteiger charge is 2.35. The van der Waals surface area contributed by atoms with Crippen molar-refractivity contribution in [3.63, 3.8) is 0 Å². The third kappa shape index (κ3) is 5.02. The zero-order valence-electron chi connectivity index (χ0n) is 15.2. The topological polar surface area (TPSA) is 99.4 Å². The molecule has 0 bridgehead atoms. The maximum absolute atomic E-state index is 14.4. The van der Waals surface area contributed by atoms with Crippen LogP contribution in [0.1, 0.15) is 5.69 Å². The van der Waals surface area contributed by atoms with Crippen molar-refractivity contribution < 1.29 is 31.9 Å². The van der Waals surface area contributed by atoms with Gasteiger partial charge in [0.05, 0.1) is 23.5 Å². The van der Waals surface area contributed by atoms with E-state index < -0.39 is 45.8 Å². The lowest BCUT2D eigenvalue weighted by molar-refractivity contribution is -0.144. The predicted molar refractivity (Wildman–Crippen MR) is 101 cm³/mol. The van der Waals surface area contributed by atoms with Crippen molar-refractivity contribution in [2.75, 3.05) is 18.2 Å². The highest BCUT2D eigenvalue weighted by molar-refractivity contribution is 8.14. The van der Waals surface area contributed by atoms with Gasteiger partial charge in [-0.2, -0.15) is 13.2 Å². The van der Waals surface area contributed by atoms with E-state index in [9.17, 15) is 36.7 Å². The summed E-state index contributed by atoms with van der Waals surface area (Å²) in [6.07, 6.45) is -4.99. The number of hydrogen-bond acceptors (Lipinski definition) is 6. The average Bonchev–Trinajstić information content (AvgIpc) is 2.65. The lowest BCUT2D eigenvalue weighted by Gasteiger charge is -2.15. The van der Waals surface area contributed by atoms with E-state index in [0.717, 1.165) is 20.2 Å². The molecule has 0 spiro atoms. The molecule has 8 nitrogen and oxygen atoms in total. The number of ether oxygens (including phenoxy) is 1. The minimum atomic E-state index is -4.99. The third-order valence-electron chi connectivity index (χ3n) is 3.67. The first-order chi connectivity index (χ1) is 13.9. The minimum absolute atomic E-state index is 0.139. The van der Waals surface area contributed by atoms with E-state index in [1.807, 2.05) is 0 Å². The number of nitrogens with one attached hydrogen (secondary N) is 1. The Morgan fingerprint density at radius 2 is 1.87 bits per heavy atom. The molecule has 0 saturated heterocycles. The smallest absolute Gasteiger partial charge is 0.431 e. The number of amides is 1. The molecule has 0 saturated carbocycles. The van der Waals surface area contributed by atoms with Crippen molar-refractivity contribution in [1.29, 1.82) is 0 Å². The lowest BCUT2D eigenvalue weighted by atomic mass is 10.2. The van der Waals surface area contributed by atoms with E-state index in [4.69, 9.17) is 11.6 Å². The van der Waals surface area contributed by atoms with Crippen molar-refractivity contribution in [2.45, 2.75) is 6.18 Å². The van der Waals surface area contributed by atoms with E-state index >= 15 is 0 Å². The third-order valence-corrected chi connectivity index (χ3v) is 4.73. The van der Waals surface area contributed by atoms with Crippen LogP contribution in [0.15, 0.2) is 27.8 Å². The fraction of sp³-hybridized carbons (Fsp3) is 0.250. The summed E-state index contributed by atoms with van der Waals surface area (Å²) in [5.74, 6) is -2.23. The fourth-order valence-corrected chi connectivity index (χ4v) is 3.00. The van der Waals surface area contributed by atoms with Crippen LogP contribution in [0.4, 0.5) is 28.0 Å². The van der Waals surface area contributed by atoms with Gasteiger partial charge in [0, 0.05) is 13.1 Å². The quantitative estimate of drug-likeness (QED) is 0.546. The van der Waals surface area contributed by atoms with Crippen LogP contribution in [0.3, 0.4) is 0 Å². The van der Waals surface area contributed by atoms with Gasteiger partial charge in [0.1, 0.15) is 17.3 Å². The van der Waals surface area contributed by atoms with Crippen molar-refractivity contribution in [3.05, 3.63) is 55.6 Å². The molecule has 14 heteroatoms. The Morgan fingerprint density at radius 3 is 2.43 bits per heavy atom. The normalized spacial score (nSPS) is 11.3. The van der Waals surface area contributed by atoms with Crippen LogP contribution >= 0.6 is 23.4 Å². The molecule has 0 radical (unpaired) electrons. The first-order valence-corrected chi connectivity index (χ1v) is 9.13. The molecule has 1 heterocycles. The molecule has 2 aromatic rings. The van der Waals surface area contributed by atoms with Crippen molar-refractivity contribution in [3.8, 4) is 5.69 Å². The second-order valence-corrected chi connectivity index (χ2v) is 6.96. The van der Waals surface area contributed by atoms with Crippen LogP contribution in [0.5, 0.6) is 0 Å². The molecule has 1 aromatic heterocycles. The van der Waals surface area contributed by atoms with E-state index in [1.54, 1.807) is 0 Å². The second-order valence-electron chi connectivity index (χ2n) is 5.60. The number of benzene rings is 1. The second kappa shape index (κ2) is 8.92. The van der Waals surface area contributed by atoms with Gasteiger partial charge in [-0.3, -0.25) is 19.0 Å². The van der Waals surface area contributed by atoms with Gasteiger partial charge in [-0.25, -0.2) is 13.8 Å². The van der Waals surface area contributed by atoms with Crippen molar-refractivity contribution in [1.82, 2.24) is 9.13 Å². The standard InChI is InChI=1S/C16H12ClF4N3O5S/c1-23-11(16(19,20)21)5-12(25)24(15(23)28)10-4-9(7(17)3-8(10)18)22-14(27)30-6-13(26)29-2/h3-5H,6H2,1-2H3,(H,22,27). The summed E-state index contributed by atoms with van der Waals surface area (Å²) in [5.41, 5.74) is -5.40. The average molecular weight is 470 g/mol. The number of rotatable bonds is 4. The summed E-state index contributed by atoms with van der Waals surface area (Å²) < 4.78 is 57.9. The minimum Gasteiger partial charge on any atom is -0.468 e. The van der Waals surface area contributed by atoms with Crippen LogP contribution in [0.25, 0.3) is 5.69 Å². The summed E-state index contributed by atoms with van der Waals surface area (Å²) in [6.45, 7) is 0. The largest absolute Gasteiger partial charge is 0.468 e. The Labute approximate surface area is 174 Å².